The molecule has 0 bridgehead atoms. The van der Waals surface area contributed by atoms with Crippen molar-refractivity contribution in [3.63, 3.8) is 0 Å². The maximum atomic E-state index is 13.1. The first kappa shape index (κ1) is 15.6. The van der Waals surface area contributed by atoms with Crippen LogP contribution in [0.5, 0.6) is 0 Å². The van der Waals surface area contributed by atoms with E-state index < -0.39 is 17.7 Å². The lowest BCUT2D eigenvalue weighted by molar-refractivity contribution is -0.0682. The van der Waals surface area contributed by atoms with Crippen LogP contribution in [0.25, 0.3) is 0 Å². The molecule has 0 aliphatic carbocycles. The highest BCUT2D eigenvalue weighted by atomic mass is 32.2. The van der Waals surface area contributed by atoms with Gasteiger partial charge in [-0.2, -0.15) is 11.8 Å². The van der Waals surface area contributed by atoms with E-state index in [9.17, 15) is 13.6 Å². The lowest BCUT2D eigenvalue weighted by atomic mass is 9.90. The molecule has 0 aromatic heterocycles. The minimum absolute atomic E-state index is 0.0193. The summed E-state index contributed by atoms with van der Waals surface area (Å²) in [6.45, 7) is 0.625. The van der Waals surface area contributed by atoms with Crippen molar-refractivity contribution in [1.29, 1.82) is 0 Å². The number of hydrogen-bond donors (Lipinski definition) is 2. The van der Waals surface area contributed by atoms with Gasteiger partial charge in [0.2, 0.25) is 0 Å². The van der Waals surface area contributed by atoms with Crippen molar-refractivity contribution in [2.75, 3.05) is 23.4 Å². The number of rotatable bonds is 2. The number of benzene rings is 1. The van der Waals surface area contributed by atoms with E-state index in [0.29, 0.717) is 6.61 Å². The van der Waals surface area contributed by atoms with E-state index in [2.05, 4.69) is 10.6 Å². The molecule has 2 atom stereocenters. The van der Waals surface area contributed by atoms with Crippen LogP contribution >= 0.6 is 11.8 Å². The summed E-state index contributed by atoms with van der Waals surface area (Å²) in [4.78, 5) is 12.0. The van der Waals surface area contributed by atoms with E-state index >= 15 is 0 Å². The molecule has 22 heavy (non-hydrogen) atoms. The number of carbonyl (C=O) groups is 1. The van der Waals surface area contributed by atoms with Crippen LogP contribution in [0.3, 0.4) is 0 Å². The molecule has 7 heteroatoms. The third kappa shape index (κ3) is 3.70. The van der Waals surface area contributed by atoms with Crippen LogP contribution in [0, 0.1) is 11.6 Å². The number of urea groups is 1. The molecule has 2 aliphatic rings. The molecule has 0 saturated carbocycles. The van der Waals surface area contributed by atoms with Crippen molar-refractivity contribution < 1.29 is 18.3 Å². The highest BCUT2D eigenvalue weighted by Gasteiger charge is 2.40. The van der Waals surface area contributed by atoms with E-state index in [0.717, 1.165) is 49.0 Å². The first-order chi connectivity index (χ1) is 10.5. The first-order valence-electron chi connectivity index (χ1n) is 7.30. The van der Waals surface area contributed by atoms with Crippen molar-refractivity contribution in [2.24, 2.45) is 0 Å². The minimum Gasteiger partial charge on any atom is -0.374 e. The Balaban J connectivity index is 1.57. The molecule has 1 spiro atoms. The Kier molecular flexibility index (Phi) is 4.54. The fourth-order valence-electron chi connectivity index (χ4n) is 2.99. The Morgan fingerprint density at radius 3 is 2.77 bits per heavy atom. The van der Waals surface area contributed by atoms with Gasteiger partial charge in [0.25, 0.3) is 0 Å². The van der Waals surface area contributed by atoms with E-state index in [-0.39, 0.29) is 17.3 Å². The number of hydrogen-bond acceptors (Lipinski definition) is 3. The van der Waals surface area contributed by atoms with Gasteiger partial charge in [0.15, 0.2) is 0 Å². The summed E-state index contributed by atoms with van der Waals surface area (Å²) in [7, 11) is 0. The molecule has 2 amide bonds. The highest BCUT2D eigenvalue weighted by molar-refractivity contribution is 7.99. The third-order valence-electron chi connectivity index (χ3n) is 4.02. The van der Waals surface area contributed by atoms with E-state index in [1.807, 2.05) is 11.8 Å². The number of anilines is 1. The Morgan fingerprint density at radius 1 is 1.32 bits per heavy atom. The predicted octanol–water partition coefficient (Wildman–Crippen LogP) is 3.14. The fourth-order valence-corrected chi connectivity index (χ4v) is 4.37. The van der Waals surface area contributed by atoms with Crippen molar-refractivity contribution in [3.8, 4) is 0 Å². The van der Waals surface area contributed by atoms with Gasteiger partial charge in [0.05, 0.1) is 5.60 Å². The Bertz CT molecular complexity index is 544. The summed E-state index contributed by atoms with van der Waals surface area (Å²) < 4.78 is 32.1. The second kappa shape index (κ2) is 6.42. The van der Waals surface area contributed by atoms with Crippen LogP contribution in [0.15, 0.2) is 18.2 Å². The number of thioether (sulfide) groups is 1. The summed E-state index contributed by atoms with van der Waals surface area (Å²) in [5, 5.41) is 5.35. The molecule has 0 radical (unpaired) electrons. The van der Waals surface area contributed by atoms with Gasteiger partial charge in [-0.1, -0.05) is 0 Å². The molecule has 0 unspecified atom stereocenters. The number of ether oxygens (including phenoxy) is 1. The van der Waals surface area contributed by atoms with Gasteiger partial charge in [-0.25, -0.2) is 13.6 Å². The lowest BCUT2D eigenvalue weighted by Gasteiger charge is -2.37. The van der Waals surface area contributed by atoms with Crippen LogP contribution in [0.2, 0.25) is 0 Å². The maximum Gasteiger partial charge on any atom is 0.319 e. The second-order valence-corrected chi connectivity index (χ2v) is 6.89. The summed E-state index contributed by atoms with van der Waals surface area (Å²) in [6.07, 6.45) is 2.54. The Hall–Kier alpha value is -1.34. The van der Waals surface area contributed by atoms with Crippen molar-refractivity contribution in [1.82, 2.24) is 5.32 Å². The molecular weight excluding hydrogens is 310 g/mol. The average Bonchev–Trinajstić information content (AvgIpc) is 2.85. The van der Waals surface area contributed by atoms with Crippen molar-refractivity contribution >= 4 is 23.5 Å². The largest absolute Gasteiger partial charge is 0.374 e. The molecule has 2 heterocycles. The average molecular weight is 328 g/mol. The topological polar surface area (TPSA) is 50.4 Å². The Labute approximate surface area is 132 Å². The molecule has 3 rings (SSSR count). The molecule has 2 aliphatic heterocycles. The molecule has 2 fully saturated rings. The summed E-state index contributed by atoms with van der Waals surface area (Å²) >= 11 is 1.87. The number of amides is 2. The standard InChI is InChI=1S/C15H18F2N2O2S/c16-10-5-11(17)7-13(6-10)19-14(20)18-12-1-3-21-15(8-12)2-4-22-9-15/h5-7,12H,1-4,8-9H2,(H2,18,19,20)/t12-,15-/m0/s1. The van der Waals surface area contributed by atoms with Gasteiger partial charge < -0.3 is 15.4 Å². The van der Waals surface area contributed by atoms with Gasteiger partial charge in [0, 0.05) is 30.2 Å². The van der Waals surface area contributed by atoms with Crippen LogP contribution < -0.4 is 10.6 Å². The summed E-state index contributed by atoms with van der Waals surface area (Å²) in [5.74, 6) is 0.607. The van der Waals surface area contributed by atoms with Gasteiger partial charge in [-0.3, -0.25) is 0 Å². The SMILES string of the molecule is O=C(Nc1cc(F)cc(F)c1)N[C@H]1CCO[C@@]2(CCSC2)C1. The number of halogens is 2. The number of nitrogens with one attached hydrogen (secondary N) is 2. The monoisotopic (exact) mass is 328 g/mol. The van der Waals surface area contributed by atoms with Crippen LogP contribution in [-0.2, 0) is 4.74 Å². The van der Waals surface area contributed by atoms with Gasteiger partial charge in [-0.05, 0) is 37.1 Å². The van der Waals surface area contributed by atoms with Crippen molar-refractivity contribution in [2.45, 2.75) is 30.9 Å². The zero-order valence-electron chi connectivity index (χ0n) is 12.0. The van der Waals surface area contributed by atoms with E-state index in [4.69, 9.17) is 4.74 Å². The second-order valence-electron chi connectivity index (χ2n) is 5.78. The lowest BCUT2D eigenvalue weighted by Crippen LogP contribution is -2.49. The van der Waals surface area contributed by atoms with Gasteiger partial charge >= 0.3 is 6.03 Å². The number of carbonyl (C=O) groups excluding carboxylic acids is 1. The van der Waals surface area contributed by atoms with E-state index in [1.165, 1.54) is 0 Å². The molecule has 120 valence electrons. The quantitative estimate of drug-likeness (QED) is 0.877. The fraction of sp³-hybridized carbons (Fsp3) is 0.533. The predicted molar refractivity (Wildman–Crippen MR) is 82.2 cm³/mol. The normalized spacial score (nSPS) is 27.8. The van der Waals surface area contributed by atoms with E-state index in [1.54, 1.807) is 0 Å². The third-order valence-corrected chi connectivity index (χ3v) is 5.24. The van der Waals surface area contributed by atoms with Crippen LogP contribution in [0.1, 0.15) is 19.3 Å². The first-order valence-corrected chi connectivity index (χ1v) is 8.45. The van der Waals surface area contributed by atoms with Crippen molar-refractivity contribution in [3.05, 3.63) is 29.8 Å². The summed E-state index contributed by atoms with van der Waals surface area (Å²) in [5.41, 5.74) is -0.0144. The van der Waals surface area contributed by atoms with Crippen LogP contribution in [0.4, 0.5) is 19.3 Å². The van der Waals surface area contributed by atoms with Crippen LogP contribution in [-0.4, -0.2) is 35.8 Å². The maximum absolute atomic E-state index is 13.1. The van der Waals surface area contributed by atoms with Gasteiger partial charge in [-0.15, -0.1) is 0 Å². The molecule has 4 nitrogen and oxygen atoms in total. The molecule has 2 saturated heterocycles. The molecule has 1 aromatic carbocycles. The van der Waals surface area contributed by atoms with Gasteiger partial charge in [0.1, 0.15) is 11.6 Å². The molecule has 2 N–H and O–H groups in total. The summed E-state index contributed by atoms with van der Waals surface area (Å²) in [6, 6.07) is 2.51. The highest BCUT2D eigenvalue weighted by Crippen LogP contribution is 2.38. The zero-order chi connectivity index (χ0) is 15.6. The Morgan fingerprint density at radius 2 is 2.09 bits per heavy atom. The zero-order valence-corrected chi connectivity index (χ0v) is 12.8. The minimum atomic E-state index is -0.719. The smallest absolute Gasteiger partial charge is 0.319 e. The molecular formula is C15H18F2N2O2S. The molecule has 1 aromatic rings.